The van der Waals surface area contributed by atoms with Gasteiger partial charge < -0.3 is 20.1 Å². The Kier molecular flexibility index (Phi) is 6.50. The van der Waals surface area contributed by atoms with Crippen LogP contribution in [0, 0.1) is 23.5 Å². The van der Waals surface area contributed by atoms with E-state index in [9.17, 15) is 18.4 Å². The van der Waals surface area contributed by atoms with Gasteiger partial charge in [0.15, 0.2) is 6.61 Å². The quantitative estimate of drug-likeness (QED) is 0.655. The van der Waals surface area contributed by atoms with Crippen molar-refractivity contribution in [3.63, 3.8) is 0 Å². The van der Waals surface area contributed by atoms with Crippen LogP contribution in [0.25, 0.3) is 0 Å². The summed E-state index contributed by atoms with van der Waals surface area (Å²) in [4.78, 5) is 24.9. The summed E-state index contributed by atoms with van der Waals surface area (Å²) in [5.74, 6) is -1.05. The lowest BCUT2D eigenvalue weighted by Crippen LogP contribution is -2.44. The zero-order valence-corrected chi connectivity index (χ0v) is 18.1. The molecule has 0 saturated heterocycles. The van der Waals surface area contributed by atoms with Gasteiger partial charge in [-0.3, -0.25) is 9.59 Å². The number of benzene rings is 2. The third-order valence-corrected chi connectivity index (χ3v) is 6.58. The van der Waals surface area contributed by atoms with Crippen LogP contribution in [0.2, 0.25) is 5.02 Å². The summed E-state index contributed by atoms with van der Waals surface area (Å²) in [7, 11) is 1.43. The van der Waals surface area contributed by atoms with Crippen LogP contribution >= 0.6 is 11.6 Å². The molecule has 2 N–H and O–H groups in total. The number of hydrogen-bond donors (Lipinski definition) is 2. The Morgan fingerprint density at radius 2 is 1.66 bits per heavy atom. The van der Waals surface area contributed by atoms with Gasteiger partial charge >= 0.3 is 0 Å². The maximum atomic E-state index is 14.2. The van der Waals surface area contributed by atoms with Gasteiger partial charge in [-0.15, -0.1) is 0 Å². The van der Waals surface area contributed by atoms with E-state index in [0.29, 0.717) is 12.2 Å². The van der Waals surface area contributed by atoms with Crippen LogP contribution in [0.15, 0.2) is 36.4 Å². The molecule has 170 valence electrons. The highest BCUT2D eigenvalue weighted by Gasteiger charge is 2.49. The van der Waals surface area contributed by atoms with Crippen molar-refractivity contribution in [2.45, 2.75) is 31.3 Å². The summed E-state index contributed by atoms with van der Waals surface area (Å²) in [6, 6.07) is 7.81. The average Bonchev–Trinajstić information content (AvgIpc) is 2.95. The first-order valence-corrected chi connectivity index (χ1v) is 10.7. The minimum absolute atomic E-state index is 0.0219. The maximum Gasteiger partial charge on any atom is 0.258 e. The third kappa shape index (κ3) is 4.65. The number of nitrogens with one attached hydrogen (secondary N) is 2. The van der Waals surface area contributed by atoms with Crippen LogP contribution in [-0.4, -0.2) is 37.6 Å². The zero-order valence-electron chi connectivity index (χ0n) is 17.4. The molecule has 6 nitrogen and oxygen atoms in total. The number of rotatable bonds is 7. The second-order valence-electron chi connectivity index (χ2n) is 8.11. The second-order valence-corrected chi connectivity index (χ2v) is 8.51. The summed E-state index contributed by atoms with van der Waals surface area (Å²) in [5.41, 5.74) is -0.0437. The summed E-state index contributed by atoms with van der Waals surface area (Å²) >= 11 is 5.64. The van der Waals surface area contributed by atoms with E-state index >= 15 is 0 Å². The molecule has 32 heavy (non-hydrogen) atoms. The van der Waals surface area contributed by atoms with E-state index in [1.165, 1.54) is 37.4 Å². The number of amides is 2. The molecule has 9 heteroatoms. The van der Waals surface area contributed by atoms with Crippen molar-refractivity contribution in [2.75, 3.05) is 13.7 Å². The monoisotopic (exact) mass is 464 g/mol. The first-order valence-electron chi connectivity index (χ1n) is 10.4. The van der Waals surface area contributed by atoms with E-state index < -0.39 is 17.5 Å². The molecule has 0 aliphatic heterocycles. The molecule has 0 radical (unpaired) electrons. The summed E-state index contributed by atoms with van der Waals surface area (Å²) in [6.45, 7) is -0.261. The summed E-state index contributed by atoms with van der Waals surface area (Å²) in [5, 5.41) is 5.85. The van der Waals surface area contributed by atoms with Crippen LogP contribution < -0.4 is 20.1 Å². The highest BCUT2D eigenvalue weighted by Crippen LogP contribution is 2.47. The summed E-state index contributed by atoms with van der Waals surface area (Å²) in [6.07, 6.45) is 2.44. The lowest BCUT2D eigenvalue weighted by atomic mass is 9.73. The minimum Gasteiger partial charge on any atom is -0.497 e. The first-order chi connectivity index (χ1) is 15.4. The average molecular weight is 465 g/mol. The van der Waals surface area contributed by atoms with E-state index in [1.807, 2.05) is 0 Å². The largest absolute Gasteiger partial charge is 0.497 e. The molecule has 0 aromatic heterocycles. The maximum absolute atomic E-state index is 14.2. The Morgan fingerprint density at radius 3 is 2.28 bits per heavy atom. The van der Waals surface area contributed by atoms with E-state index in [2.05, 4.69) is 10.6 Å². The number of carbonyl (C=O) groups is 2. The Labute approximate surface area is 189 Å². The van der Waals surface area contributed by atoms with Gasteiger partial charge in [0.1, 0.15) is 23.1 Å². The molecule has 2 saturated carbocycles. The van der Waals surface area contributed by atoms with Crippen LogP contribution in [0.4, 0.5) is 8.78 Å². The van der Waals surface area contributed by atoms with Gasteiger partial charge in [0, 0.05) is 24.2 Å². The van der Waals surface area contributed by atoms with Gasteiger partial charge in [-0.25, -0.2) is 8.78 Å². The van der Waals surface area contributed by atoms with Gasteiger partial charge in [-0.05, 0) is 55.4 Å². The topological polar surface area (TPSA) is 76.7 Å². The predicted molar refractivity (Wildman–Crippen MR) is 114 cm³/mol. The van der Waals surface area contributed by atoms with E-state index in [-0.39, 0.29) is 52.8 Å². The van der Waals surface area contributed by atoms with E-state index in [1.54, 1.807) is 0 Å². The second kappa shape index (κ2) is 9.32. The Morgan fingerprint density at radius 1 is 1.00 bits per heavy atom. The minimum atomic E-state index is -0.648. The van der Waals surface area contributed by atoms with Gasteiger partial charge in [-0.1, -0.05) is 11.6 Å². The highest BCUT2D eigenvalue weighted by molar-refractivity contribution is 6.30. The molecule has 2 aliphatic carbocycles. The molecule has 2 fully saturated rings. The lowest BCUT2D eigenvalue weighted by molar-refractivity contribution is -0.124. The standard InChI is InChI=1S/C23H23ClF2N2O4/c1-31-12-2-4-16(18(25)8-12)23(30)28-21-10-20(14-5-6-15(14)21)27-22(29)11-32-13-3-7-17(24)19(26)9-13/h2-4,7-9,14-15,20-21H,5-6,10-11H2,1H3,(H,27,29)(H,28,30)/t14?,15?,20-,21?/m0/s1. The van der Waals surface area contributed by atoms with Gasteiger partial charge in [0.05, 0.1) is 17.7 Å². The molecule has 0 heterocycles. The predicted octanol–water partition coefficient (Wildman–Crippen LogP) is 3.72. The Bertz CT molecular complexity index is 1040. The Hall–Kier alpha value is -2.87. The van der Waals surface area contributed by atoms with Crippen molar-refractivity contribution in [3.8, 4) is 11.5 Å². The van der Waals surface area contributed by atoms with Gasteiger partial charge in [-0.2, -0.15) is 0 Å². The van der Waals surface area contributed by atoms with Gasteiger partial charge in [0.2, 0.25) is 0 Å². The molecule has 4 atom stereocenters. The number of ether oxygens (including phenoxy) is 2. The number of fused-ring (bicyclic) bond motifs is 1. The van der Waals surface area contributed by atoms with Crippen LogP contribution in [0.3, 0.4) is 0 Å². The normalized spacial score (nSPS) is 23.6. The fourth-order valence-corrected chi connectivity index (χ4v) is 4.64. The van der Waals surface area contributed by atoms with Crippen molar-refractivity contribution >= 4 is 23.4 Å². The number of carbonyl (C=O) groups excluding carboxylic acids is 2. The van der Waals surface area contributed by atoms with Crippen molar-refractivity contribution in [3.05, 3.63) is 58.6 Å². The van der Waals surface area contributed by atoms with Crippen LogP contribution in [0.5, 0.6) is 11.5 Å². The van der Waals surface area contributed by atoms with Crippen molar-refractivity contribution in [1.82, 2.24) is 10.6 Å². The van der Waals surface area contributed by atoms with Crippen molar-refractivity contribution in [1.29, 1.82) is 0 Å². The molecule has 2 amide bonds. The Balaban J connectivity index is 1.31. The molecule has 3 unspecified atom stereocenters. The molecule has 2 aromatic rings. The molecular formula is C23H23ClF2N2O4. The molecule has 2 aromatic carbocycles. The molecule has 4 rings (SSSR count). The first kappa shape index (κ1) is 22.3. The number of hydrogen-bond acceptors (Lipinski definition) is 4. The smallest absolute Gasteiger partial charge is 0.258 e. The molecule has 0 spiro atoms. The third-order valence-electron chi connectivity index (χ3n) is 6.27. The van der Waals surface area contributed by atoms with Crippen LogP contribution in [0.1, 0.15) is 29.6 Å². The molecule has 0 bridgehead atoms. The summed E-state index contributed by atoms with van der Waals surface area (Å²) < 4.78 is 38.0. The lowest BCUT2D eigenvalue weighted by Gasteiger charge is -2.36. The van der Waals surface area contributed by atoms with Crippen molar-refractivity contribution < 1.29 is 27.8 Å². The molecular weight excluding hydrogens is 442 g/mol. The SMILES string of the molecule is COc1ccc(C(=O)NC2C[C@H](NC(=O)COc3ccc(Cl)c(F)c3)C3CCC23)c(F)c1. The number of halogens is 3. The van der Waals surface area contributed by atoms with Crippen LogP contribution in [-0.2, 0) is 4.79 Å². The molecule has 2 aliphatic rings. The van der Waals surface area contributed by atoms with Gasteiger partial charge in [0.25, 0.3) is 11.8 Å². The van der Waals surface area contributed by atoms with Crippen molar-refractivity contribution in [2.24, 2.45) is 11.8 Å². The fraction of sp³-hybridized carbons (Fsp3) is 0.391. The highest BCUT2D eigenvalue weighted by atomic mass is 35.5. The zero-order chi connectivity index (χ0) is 22.8. The fourth-order valence-electron chi connectivity index (χ4n) is 4.52. The number of methoxy groups -OCH3 is 1. The van der Waals surface area contributed by atoms with E-state index in [0.717, 1.165) is 18.9 Å². The van der Waals surface area contributed by atoms with E-state index in [4.69, 9.17) is 21.1 Å².